The lowest BCUT2D eigenvalue weighted by Crippen LogP contribution is -2.45. The lowest BCUT2D eigenvalue weighted by Gasteiger charge is -2.33. The minimum atomic E-state index is -3.48. The number of rotatable bonds is 8. The van der Waals surface area contributed by atoms with Crippen molar-refractivity contribution in [2.75, 3.05) is 23.3 Å². The molecular weight excluding hydrogens is 500 g/mol. The van der Waals surface area contributed by atoms with E-state index < -0.39 is 10.0 Å². The standard InChI is InChI=1S/C28H30N6O3S/c35-27(23-13-14-23)30-28-29-25-7-4-8-26(34(25)31-28)33-17-15-24(16-18-33)32-38(36,37)19-20-9-11-22(12-10-20)21-5-2-1-3-6-21/h1-12,23-24,32H,13-19H2,(H,30,31,35). The number of anilines is 2. The van der Waals surface area contributed by atoms with Crippen LogP contribution >= 0.6 is 0 Å². The highest BCUT2D eigenvalue weighted by Gasteiger charge is 2.30. The van der Waals surface area contributed by atoms with Gasteiger partial charge in [0.05, 0.1) is 5.75 Å². The minimum Gasteiger partial charge on any atom is -0.356 e. The van der Waals surface area contributed by atoms with Crippen molar-refractivity contribution in [3.05, 3.63) is 78.4 Å². The predicted molar refractivity (Wildman–Crippen MR) is 147 cm³/mol. The van der Waals surface area contributed by atoms with Gasteiger partial charge in [0.25, 0.3) is 0 Å². The van der Waals surface area contributed by atoms with E-state index in [2.05, 4.69) is 25.0 Å². The molecule has 0 bridgehead atoms. The number of amides is 1. The number of benzene rings is 2. The summed E-state index contributed by atoms with van der Waals surface area (Å²) in [6, 6.07) is 23.3. The third kappa shape index (κ3) is 5.56. The van der Waals surface area contributed by atoms with Crippen LogP contribution in [0.1, 0.15) is 31.2 Å². The first kappa shape index (κ1) is 24.6. The van der Waals surface area contributed by atoms with Crippen LogP contribution in [0.5, 0.6) is 0 Å². The van der Waals surface area contributed by atoms with Crippen LogP contribution in [0.15, 0.2) is 72.8 Å². The van der Waals surface area contributed by atoms with Gasteiger partial charge in [-0.1, -0.05) is 60.7 Å². The van der Waals surface area contributed by atoms with Crippen molar-refractivity contribution in [3.63, 3.8) is 0 Å². The SMILES string of the molecule is O=C(Nc1nc2cccc(N3CCC(NS(=O)(=O)Cc4ccc(-c5ccccc5)cc4)CC3)n2n1)C1CC1. The number of hydrogen-bond donors (Lipinski definition) is 2. The second-order valence-corrected chi connectivity index (χ2v) is 11.8. The molecule has 196 valence electrons. The monoisotopic (exact) mass is 530 g/mol. The van der Waals surface area contributed by atoms with E-state index in [1.807, 2.05) is 72.8 Å². The Morgan fingerprint density at radius 2 is 1.58 bits per heavy atom. The molecule has 1 aliphatic heterocycles. The average Bonchev–Trinajstić information content (AvgIpc) is 3.69. The highest BCUT2D eigenvalue weighted by molar-refractivity contribution is 7.88. The Hall–Kier alpha value is -3.76. The highest BCUT2D eigenvalue weighted by atomic mass is 32.2. The van der Waals surface area contributed by atoms with Gasteiger partial charge in [0.15, 0.2) is 5.65 Å². The number of carbonyl (C=O) groups is 1. The number of sulfonamides is 1. The van der Waals surface area contributed by atoms with E-state index in [9.17, 15) is 13.2 Å². The Bertz CT molecular complexity index is 1540. The first-order valence-corrected chi connectivity index (χ1v) is 14.6. The number of piperidine rings is 1. The van der Waals surface area contributed by atoms with Gasteiger partial charge in [0.2, 0.25) is 21.9 Å². The molecule has 4 aromatic rings. The molecule has 2 aromatic heterocycles. The number of carbonyl (C=O) groups excluding carboxylic acids is 1. The van der Waals surface area contributed by atoms with E-state index >= 15 is 0 Å². The summed E-state index contributed by atoms with van der Waals surface area (Å²) in [6.07, 6.45) is 3.21. The fraction of sp³-hybridized carbons (Fsp3) is 0.321. The van der Waals surface area contributed by atoms with Gasteiger partial charge < -0.3 is 4.90 Å². The third-order valence-corrected chi connectivity index (χ3v) is 8.51. The summed E-state index contributed by atoms with van der Waals surface area (Å²) in [5.41, 5.74) is 3.59. The lowest BCUT2D eigenvalue weighted by molar-refractivity contribution is -0.117. The Kier molecular flexibility index (Phi) is 6.59. The summed E-state index contributed by atoms with van der Waals surface area (Å²) in [4.78, 5) is 18.7. The van der Waals surface area contributed by atoms with Gasteiger partial charge >= 0.3 is 0 Å². The molecule has 1 amide bonds. The average molecular weight is 531 g/mol. The number of nitrogens with one attached hydrogen (secondary N) is 2. The summed E-state index contributed by atoms with van der Waals surface area (Å²) in [6.45, 7) is 1.36. The molecule has 9 nitrogen and oxygen atoms in total. The van der Waals surface area contributed by atoms with Crippen molar-refractivity contribution >= 4 is 33.3 Å². The predicted octanol–water partition coefficient (Wildman–Crippen LogP) is 3.83. The van der Waals surface area contributed by atoms with Gasteiger partial charge in [-0.15, -0.1) is 5.10 Å². The van der Waals surface area contributed by atoms with E-state index in [0.717, 1.165) is 35.3 Å². The molecule has 2 N–H and O–H groups in total. The number of nitrogens with zero attached hydrogens (tertiary/aromatic N) is 4. The molecular formula is C28H30N6O3S. The maximum absolute atomic E-state index is 12.9. The molecule has 2 aliphatic rings. The second-order valence-electron chi connectivity index (χ2n) is 10.1. The van der Waals surface area contributed by atoms with Crippen LogP contribution in [-0.2, 0) is 20.6 Å². The van der Waals surface area contributed by atoms with E-state index in [1.54, 1.807) is 4.52 Å². The van der Waals surface area contributed by atoms with Crippen LogP contribution in [0, 0.1) is 5.92 Å². The molecule has 0 atom stereocenters. The van der Waals surface area contributed by atoms with Crippen LogP contribution in [0.2, 0.25) is 0 Å². The fourth-order valence-corrected chi connectivity index (χ4v) is 6.37. The molecule has 0 unspecified atom stereocenters. The Morgan fingerprint density at radius 1 is 0.868 bits per heavy atom. The molecule has 6 rings (SSSR count). The first-order chi connectivity index (χ1) is 18.4. The molecule has 2 aromatic carbocycles. The van der Waals surface area contributed by atoms with Crippen molar-refractivity contribution in [3.8, 4) is 11.1 Å². The molecule has 2 fully saturated rings. The van der Waals surface area contributed by atoms with Crippen molar-refractivity contribution in [2.45, 2.75) is 37.5 Å². The van der Waals surface area contributed by atoms with E-state index in [1.165, 1.54) is 0 Å². The van der Waals surface area contributed by atoms with Crippen LogP contribution in [0.3, 0.4) is 0 Å². The van der Waals surface area contributed by atoms with Gasteiger partial charge in [-0.05, 0) is 54.5 Å². The minimum absolute atomic E-state index is 0.0253. The number of hydrogen-bond acceptors (Lipinski definition) is 6. The fourth-order valence-electron chi connectivity index (χ4n) is 4.91. The number of aromatic nitrogens is 3. The maximum Gasteiger partial charge on any atom is 0.249 e. The molecule has 1 aliphatic carbocycles. The van der Waals surface area contributed by atoms with E-state index in [0.29, 0.717) is 37.5 Å². The molecule has 1 saturated carbocycles. The van der Waals surface area contributed by atoms with Crippen molar-refractivity contribution < 1.29 is 13.2 Å². The van der Waals surface area contributed by atoms with Crippen LogP contribution in [-0.4, -0.2) is 48.1 Å². The zero-order chi connectivity index (χ0) is 26.1. The maximum atomic E-state index is 12.9. The second kappa shape index (κ2) is 10.2. The summed E-state index contributed by atoms with van der Waals surface area (Å²) >= 11 is 0. The largest absolute Gasteiger partial charge is 0.356 e. The zero-order valence-electron chi connectivity index (χ0n) is 21.0. The Morgan fingerprint density at radius 3 is 2.29 bits per heavy atom. The molecule has 10 heteroatoms. The van der Waals surface area contributed by atoms with Gasteiger partial charge in [0.1, 0.15) is 5.82 Å². The van der Waals surface area contributed by atoms with Gasteiger partial charge in [-0.2, -0.15) is 9.50 Å². The Balaban J connectivity index is 1.06. The van der Waals surface area contributed by atoms with Crippen LogP contribution in [0.4, 0.5) is 11.8 Å². The topological polar surface area (TPSA) is 109 Å². The molecule has 0 radical (unpaired) electrons. The molecule has 3 heterocycles. The van der Waals surface area contributed by atoms with Crippen LogP contribution < -0.4 is 14.9 Å². The smallest absolute Gasteiger partial charge is 0.249 e. The highest BCUT2D eigenvalue weighted by Crippen LogP contribution is 2.30. The molecule has 38 heavy (non-hydrogen) atoms. The quantitative estimate of drug-likeness (QED) is 0.358. The molecule has 0 spiro atoms. The van der Waals surface area contributed by atoms with E-state index in [-0.39, 0.29) is 23.6 Å². The summed E-state index contributed by atoms with van der Waals surface area (Å²) in [7, 11) is -3.48. The molecule has 1 saturated heterocycles. The Labute approximate surface area is 221 Å². The van der Waals surface area contributed by atoms with E-state index in [4.69, 9.17) is 0 Å². The number of pyridine rings is 1. The van der Waals surface area contributed by atoms with Crippen molar-refractivity contribution in [1.82, 2.24) is 19.3 Å². The van der Waals surface area contributed by atoms with Crippen molar-refractivity contribution in [2.24, 2.45) is 5.92 Å². The summed E-state index contributed by atoms with van der Waals surface area (Å²) < 4.78 is 30.5. The van der Waals surface area contributed by atoms with Crippen molar-refractivity contribution in [1.29, 1.82) is 0 Å². The lowest BCUT2D eigenvalue weighted by atomic mass is 10.0. The van der Waals surface area contributed by atoms with Crippen LogP contribution in [0.25, 0.3) is 16.8 Å². The number of fused-ring (bicyclic) bond motifs is 1. The summed E-state index contributed by atoms with van der Waals surface area (Å²) in [5, 5.41) is 7.32. The van der Waals surface area contributed by atoms with Gasteiger partial charge in [-0.25, -0.2) is 13.1 Å². The van der Waals surface area contributed by atoms with Gasteiger partial charge in [-0.3, -0.25) is 10.1 Å². The third-order valence-electron chi connectivity index (χ3n) is 7.11. The van der Waals surface area contributed by atoms with Gasteiger partial charge in [0, 0.05) is 25.0 Å². The normalized spacial score (nSPS) is 16.6. The zero-order valence-corrected chi connectivity index (χ0v) is 21.8. The first-order valence-electron chi connectivity index (χ1n) is 13.0. The summed E-state index contributed by atoms with van der Waals surface area (Å²) in [5.74, 6) is 1.20.